The Bertz CT molecular complexity index is 995. The Morgan fingerprint density at radius 3 is 2.31 bits per heavy atom. The Labute approximate surface area is 146 Å². The highest BCUT2D eigenvalue weighted by atomic mass is 19.4. The number of hydrogen-bond acceptors (Lipinski definition) is 4. The van der Waals surface area contributed by atoms with Crippen LogP contribution in [0.1, 0.15) is 11.3 Å². The summed E-state index contributed by atoms with van der Waals surface area (Å²) in [5, 5.41) is -0.240. The van der Waals surface area contributed by atoms with Crippen LogP contribution in [0.5, 0.6) is 11.5 Å². The van der Waals surface area contributed by atoms with E-state index in [-0.39, 0.29) is 23.2 Å². The third-order valence-corrected chi connectivity index (χ3v) is 3.96. The quantitative estimate of drug-likeness (QED) is 0.711. The van der Waals surface area contributed by atoms with E-state index in [2.05, 4.69) is 4.98 Å². The average molecular weight is 364 g/mol. The van der Waals surface area contributed by atoms with E-state index in [9.17, 15) is 18.0 Å². The van der Waals surface area contributed by atoms with Crippen LogP contribution in [0, 0.1) is 0 Å². The molecule has 0 aliphatic heterocycles. The Balaban J connectivity index is 2.23. The van der Waals surface area contributed by atoms with Crippen molar-refractivity contribution >= 4 is 10.9 Å². The summed E-state index contributed by atoms with van der Waals surface area (Å²) in [5.41, 5.74) is -1.40. The molecule has 0 bridgehead atoms. The minimum Gasteiger partial charge on any atom is -0.497 e. The summed E-state index contributed by atoms with van der Waals surface area (Å²) in [6.07, 6.45) is -4.77. The molecule has 3 aromatic rings. The van der Waals surface area contributed by atoms with E-state index in [1.165, 1.54) is 37.0 Å². The molecular formula is C18H15F3N2O3. The van der Waals surface area contributed by atoms with Crippen LogP contribution >= 0.6 is 0 Å². The van der Waals surface area contributed by atoms with Gasteiger partial charge in [-0.3, -0.25) is 4.57 Å². The number of rotatable bonds is 4. The first-order chi connectivity index (χ1) is 12.3. The Morgan fingerprint density at radius 1 is 1.04 bits per heavy atom. The van der Waals surface area contributed by atoms with Gasteiger partial charge in [-0.05, 0) is 29.8 Å². The molecule has 0 radical (unpaired) electrons. The number of halogens is 3. The maximum atomic E-state index is 13.4. The molecule has 0 saturated carbocycles. The number of methoxy groups -OCH3 is 2. The van der Waals surface area contributed by atoms with Crippen molar-refractivity contribution in [1.29, 1.82) is 0 Å². The molecule has 1 aromatic heterocycles. The van der Waals surface area contributed by atoms with E-state index < -0.39 is 17.6 Å². The molecule has 0 N–H and O–H groups in total. The molecule has 136 valence electrons. The van der Waals surface area contributed by atoms with Crippen molar-refractivity contribution < 1.29 is 22.6 Å². The number of aromatic nitrogens is 2. The van der Waals surface area contributed by atoms with E-state index in [1.807, 2.05) is 0 Å². The van der Waals surface area contributed by atoms with Crippen molar-refractivity contribution in [1.82, 2.24) is 9.55 Å². The molecular weight excluding hydrogens is 349 g/mol. The van der Waals surface area contributed by atoms with Gasteiger partial charge in [0.2, 0.25) is 0 Å². The van der Waals surface area contributed by atoms with Gasteiger partial charge in [0.05, 0.1) is 31.7 Å². The minimum atomic E-state index is -4.77. The fourth-order valence-electron chi connectivity index (χ4n) is 2.74. The third kappa shape index (κ3) is 3.22. The Hall–Kier alpha value is -3.03. The SMILES string of the molecule is COc1ccc(Cn2c(=O)nc(C(F)(F)F)c3c(OC)cccc32)cc1. The molecule has 0 saturated heterocycles. The molecule has 0 aliphatic carbocycles. The van der Waals surface area contributed by atoms with E-state index in [4.69, 9.17) is 9.47 Å². The average Bonchev–Trinajstić information content (AvgIpc) is 2.62. The summed E-state index contributed by atoms with van der Waals surface area (Å²) in [6.45, 7) is 0.0671. The zero-order chi connectivity index (χ0) is 18.9. The van der Waals surface area contributed by atoms with Gasteiger partial charge >= 0.3 is 11.9 Å². The topological polar surface area (TPSA) is 53.4 Å². The van der Waals surface area contributed by atoms with Crippen LogP contribution in [-0.4, -0.2) is 23.8 Å². The van der Waals surface area contributed by atoms with Crippen molar-refractivity contribution in [3.8, 4) is 11.5 Å². The number of fused-ring (bicyclic) bond motifs is 1. The maximum Gasteiger partial charge on any atom is 0.434 e. The summed E-state index contributed by atoms with van der Waals surface area (Å²) in [5.74, 6) is 0.643. The van der Waals surface area contributed by atoms with Gasteiger partial charge in [-0.1, -0.05) is 18.2 Å². The van der Waals surface area contributed by atoms with E-state index in [1.54, 1.807) is 24.3 Å². The lowest BCUT2D eigenvalue weighted by Crippen LogP contribution is -2.28. The Kier molecular flexibility index (Phi) is 4.58. The van der Waals surface area contributed by atoms with Gasteiger partial charge in [-0.15, -0.1) is 0 Å². The molecule has 0 fully saturated rings. The summed E-state index contributed by atoms with van der Waals surface area (Å²) in [4.78, 5) is 15.6. The number of hydrogen-bond donors (Lipinski definition) is 0. The number of nitrogens with zero attached hydrogens (tertiary/aromatic N) is 2. The predicted molar refractivity (Wildman–Crippen MR) is 89.7 cm³/mol. The lowest BCUT2D eigenvalue weighted by Gasteiger charge is -2.16. The van der Waals surface area contributed by atoms with Gasteiger partial charge in [0.25, 0.3) is 0 Å². The first-order valence-corrected chi connectivity index (χ1v) is 7.63. The lowest BCUT2D eigenvalue weighted by molar-refractivity contribution is -0.140. The number of ether oxygens (including phenoxy) is 2. The standard InChI is InChI=1S/C18H15F3N2O3/c1-25-12-8-6-11(7-9-12)10-23-13-4-3-5-14(26-2)15(13)16(18(19,20)21)22-17(23)24/h3-9H,10H2,1-2H3. The minimum absolute atomic E-state index is 0.00538. The molecule has 0 atom stereocenters. The van der Waals surface area contributed by atoms with Gasteiger partial charge in [0.15, 0.2) is 5.69 Å². The van der Waals surface area contributed by atoms with Crippen LogP contribution < -0.4 is 15.2 Å². The van der Waals surface area contributed by atoms with E-state index in [0.717, 1.165) is 5.56 Å². The molecule has 3 rings (SSSR count). The fraction of sp³-hybridized carbons (Fsp3) is 0.222. The molecule has 26 heavy (non-hydrogen) atoms. The third-order valence-electron chi connectivity index (χ3n) is 3.96. The van der Waals surface area contributed by atoms with Crippen LogP contribution in [-0.2, 0) is 12.7 Å². The van der Waals surface area contributed by atoms with Gasteiger partial charge in [-0.25, -0.2) is 4.79 Å². The molecule has 2 aromatic carbocycles. The van der Waals surface area contributed by atoms with Crippen LogP contribution in [0.3, 0.4) is 0 Å². The molecule has 1 heterocycles. The summed E-state index contributed by atoms with van der Waals surface area (Å²) in [7, 11) is 2.80. The largest absolute Gasteiger partial charge is 0.497 e. The van der Waals surface area contributed by atoms with Crippen molar-refractivity contribution in [3.05, 3.63) is 64.2 Å². The van der Waals surface area contributed by atoms with Crippen LogP contribution in [0.25, 0.3) is 10.9 Å². The van der Waals surface area contributed by atoms with E-state index >= 15 is 0 Å². The van der Waals surface area contributed by atoms with Gasteiger partial charge in [-0.2, -0.15) is 18.2 Å². The van der Waals surface area contributed by atoms with E-state index in [0.29, 0.717) is 5.75 Å². The second-order valence-corrected chi connectivity index (χ2v) is 5.53. The van der Waals surface area contributed by atoms with Crippen molar-refractivity contribution in [3.63, 3.8) is 0 Å². The zero-order valence-electron chi connectivity index (χ0n) is 14.0. The summed E-state index contributed by atoms with van der Waals surface area (Å²) < 4.78 is 51.5. The maximum absolute atomic E-state index is 13.4. The first-order valence-electron chi connectivity index (χ1n) is 7.63. The van der Waals surface area contributed by atoms with Gasteiger partial charge in [0.1, 0.15) is 11.5 Å². The fourth-order valence-corrected chi connectivity index (χ4v) is 2.74. The Morgan fingerprint density at radius 2 is 1.73 bits per heavy atom. The molecule has 0 aliphatic rings. The molecule has 8 heteroatoms. The monoisotopic (exact) mass is 364 g/mol. The zero-order valence-corrected chi connectivity index (χ0v) is 14.0. The first kappa shape index (κ1) is 17.8. The van der Waals surface area contributed by atoms with Gasteiger partial charge in [0, 0.05) is 0 Å². The van der Waals surface area contributed by atoms with Crippen LogP contribution in [0.2, 0.25) is 0 Å². The highest BCUT2D eigenvalue weighted by Crippen LogP contribution is 2.36. The van der Waals surface area contributed by atoms with Crippen molar-refractivity contribution in [2.24, 2.45) is 0 Å². The number of alkyl halides is 3. The summed E-state index contributed by atoms with van der Waals surface area (Å²) >= 11 is 0. The van der Waals surface area contributed by atoms with Crippen LogP contribution in [0.4, 0.5) is 13.2 Å². The second kappa shape index (κ2) is 6.70. The highest BCUT2D eigenvalue weighted by Gasteiger charge is 2.37. The van der Waals surface area contributed by atoms with Gasteiger partial charge < -0.3 is 9.47 Å². The predicted octanol–water partition coefficient (Wildman–Crippen LogP) is 3.48. The second-order valence-electron chi connectivity index (χ2n) is 5.53. The number of benzene rings is 2. The van der Waals surface area contributed by atoms with Crippen molar-refractivity contribution in [2.45, 2.75) is 12.7 Å². The normalized spacial score (nSPS) is 11.6. The molecule has 5 nitrogen and oxygen atoms in total. The lowest BCUT2D eigenvalue weighted by atomic mass is 10.1. The molecule has 0 unspecified atom stereocenters. The molecule has 0 spiro atoms. The van der Waals surface area contributed by atoms with Crippen molar-refractivity contribution in [2.75, 3.05) is 14.2 Å². The summed E-state index contributed by atoms with van der Waals surface area (Å²) in [6, 6.07) is 11.3. The van der Waals surface area contributed by atoms with Crippen LogP contribution in [0.15, 0.2) is 47.3 Å². The highest BCUT2D eigenvalue weighted by molar-refractivity contribution is 5.88. The molecule has 0 amide bonds. The smallest absolute Gasteiger partial charge is 0.434 e.